The fraction of sp³-hybridized carbons (Fsp3) is 0.304. The van der Waals surface area contributed by atoms with Crippen LogP contribution in [0.25, 0.3) is 10.9 Å². The molecule has 0 aliphatic carbocycles. The number of fused-ring (bicyclic) bond motifs is 3. The van der Waals surface area contributed by atoms with E-state index < -0.39 is 6.04 Å². The number of para-hydroxylation sites is 1. The van der Waals surface area contributed by atoms with Crippen molar-refractivity contribution in [1.29, 1.82) is 0 Å². The molecule has 7 nitrogen and oxygen atoms in total. The zero-order valence-electron chi connectivity index (χ0n) is 17.0. The van der Waals surface area contributed by atoms with Crippen molar-refractivity contribution < 1.29 is 19.1 Å². The van der Waals surface area contributed by atoms with Crippen molar-refractivity contribution >= 4 is 28.4 Å². The summed E-state index contributed by atoms with van der Waals surface area (Å²) in [7, 11) is 3.08. The van der Waals surface area contributed by atoms with Gasteiger partial charge in [0.15, 0.2) is 0 Å². The lowest BCUT2D eigenvalue weighted by Crippen LogP contribution is -2.44. The number of rotatable bonds is 4. The van der Waals surface area contributed by atoms with E-state index in [1.165, 1.54) is 23.0 Å². The Balaban J connectivity index is 1.42. The highest BCUT2D eigenvalue weighted by atomic mass is 16.5. The number of carbonyl (C=O) groups is 2. The molecule has 5 rings (SSSR count). The third kappa shape index (κ3) is 2.85. The zero-order chi connectivity index (χ0) is 20.8. The average Bonchev–Trinajstić information content (AvgIpc) is 3.29. The minimum atomic E-state index is -0.469. The Labute approximate surface area is 174 Å². The molecule has 1 N–H and O–H groups in total. The van der Waals surface area contributed by atoms with Crippen molar-refractivity contribution in [2.24, 2.45) is 0 Å². The van der Waals surface area contributed by atoms with Crippen LogP contribution in [0.1, 0.15) is 17.7 Å². The van der Waals surface area contributed by atoms with Crippen molar-refractivity contribution in [3.05, 3.63) is 53.7 Å². The molecular formula is C23H23N3O4. The largest absolute Gasteiger partial charge is 0.497 e. The van der Waals surface area contributed by atoms with Crippen LogP contribution in [0.15, 0.2) is 42.5 Å². The number of hydrogen-bond acceptors (Lipinski definition) is 5. The number of benzene rings is 2. The van der Waals surface area contributed by atoms with Gasteiger partial charge in [0.05, 0.1) is 32.4 Å². The maximum atomic E-state index is 13.3. The Morgan fingerprint density at radius 3 is 2.70 bits per heavy atom. The lowest BCUT2D eigenvalue weighted by molar-refractivity contribution is -0.123. The van der Waals surface area contributed by atoms with E-state index in [4.69, 9.17) is 9.47 Å². The number of aromatic nitrogens is 1. The number of ether oxygens (including phenoxy) is 2. The van der Waals surface area contributed by atoms with E-state index in [-0.39, 0.29) is 18.2 Å². The van der Waals surface area contributed by atoms with Crippen LogP contribution < -0.4 is 14.4 Å². The Bertz CT molecular complexity index is 1150. The molecule has 1 aromatic heterocycles. The average molecular weight is 405 g/mol. The van der Waals surface area contributed by atoms with E-state index in [2.05, 4.69) is 22.0 Å². The van der Waals surface area contributed by atoms with Crippen LogP contribution in [0.5, 0.6) is 11.5 Å². The Hall–Kier alpha value is -3.32. The second kappa shape index (κ2) is 7.18. The van der Waals surface area contributed by atoms with E-state index in [0.29, 0.717) is 23.7 Å². The SMILES string of the molecule is COc1ccc(N2C(=O)C[C@@H](N3CCc4c([nH]c5ccccc45)C3)C2=O)c(OC)c1. The molecule has 1 atom stereocenters. The second-order valence-electron chi connectivity index (χ2n) is 7.67. The highest BCUT2D eigenvalue weighted by Crippen LogP contribution is 2.37. The molecule has 1 fully saturated rings. The number of methoxy groups -OCH3 is 2. The molecule has 0 bridgehead atoms. The summed E-state index contributed by atoms with van der Waals surface area (Å²) >= 11 is 0. The van der Waals surface area contributed by atoms with Crippen molar-refractivity contribution in [1.82, 2.24) is 9.88 Å². The van der Waals surface area contributed by atoms with Crippen LogP contribution in [-0.4, -0.2) is 48.5 Å². The molecule has 2 aliphatic heterocycles. The second-order valence-corrected chi connectivity index (χ2v) is 7.67. The van der Waals surface area contributed by atoms with E-state index >= 15 is 0 Å². The fourth-order valence-electron chi connectivity index (χ4n) is 4.60. The molecule has 0 spiro atoms. The van der Waals surface area contributed by atoms with Crippen molar-refractivity contribution in [3.63, 3.8) is 0 Å². The summed E-state index contributed by atoms with van der Waals surface area (Å²) in [5.41, 5.74) is 4.01. The number of nitrogens with zero attached hydrogens (tertiary/aromatic N) is 2. The minimum absolute atomic E-state index is 0.170. The van der Waals surface area contributed by atoms with Gasteiger partial charge >= 0.3 is 0 Å². The van der Waals surface area contributed by atoms with E-state index in [1.807, 2.05) is 12.1 Å². The van der Waals surface area contributed by atoms with Crippen molar-refractivity contribution in [2.45, 2.75) is 25.4 Å². The van der Waals surface area contributed by atoms with Gasteiger partial charge in [-0.05, 0) is 30.2 Å². The van der Waals surface area contributed by atoms with Crippen molar-refractivity contribution in [2.75, 3.05) is 25.7 Å². The standard InChI is InChI=1S/C23H23N3O4/c1-29-14-7-8-19(21(11-14)30-2)26-22(27)12-20(23(26)28)25-10-9-16-15-5-3-4-6-17(15)24-18(16)13-25/h3-8,11,20,24H,9-10,12-13H2,1-2H3/t20-/m1/s1. The molecule has 30 heavy (non-hydrogen) atoms. The van der Waals surface area contributed by atoms with E-state index in [0.717, 1.165) is 24.2 Å². The summed E-state index contributed by atoms with van der Waals surface area (Å²) in [6.07, 6.45) is 1.02. The lowest BCUT2D eigenvalue weighted by atomic mass is 10.0. The topological polar surface area (TPSA) is 74.9 Å². The van der Waals surface area contributed by atoms with Crippen LogP contribution in [0.2, 0.25) is 0 Å². The predicted molar refractivity (Wildman–Crippen MR) is 113 cm³/mol. The van der Waals surface area contributed by atoms with Crippen LogP contribution in [0.4, 0.5) is 5.69 Å². The molecule has 2 aliphatic rings. The van der Waals surface area contributed by atoms with Gasteiger partial charge in [0, 0.05) is 35.8 Å². The molecular weight excluding hydrogens is 382 g/mol. The Morgan fingerprint density at radius 2 is 1.90 bits per heavy atom. The zero-order valence-corrected chi connectivity index (χ0v) is 17.0. The van der Waals surface area contributed by atoms with Crippen LogP contribution >= 0.6 is 0 Å². The Kier molecular flexibility index (Phi) is 4.47. The Morgan fingerprint density at radius 1 is 1.07 bits per heavy atom. The molecule has 3 aromatic rings. The number of anilines is 1. The molecule has 3 heterocycles. The maximum Gasteiger partial charge on any atom is 0.251 e. The summed E-state index contributed by atoms with van der Waals surface area (Å²) < 4.78 is 10.6. The summed E-state index contributed by atoms with van der Waals surface area (Å²) in [5.74, 6) is 0.626. The van der Waals surface area contributed by atoms with Gasteiger partial charge in [-0.25, -0.2) is 4.90 Å². The molecule has 0 unspecified atom stereocenters. The number of hydrogen-bond donors (Lipinski definition) is 1. The highest BCUT2D eigenvalue weighted by molar-refractivity contribution is 6.23. The first-order valence-electron chi connectivity index (χ1n) is 10.0. The van der Waals surface area contributed by atoms with Gasteiger partial charge in [-0.15, -0.1) is 0 Å². The normalized spacial score (nSPS) is 19.4. The smallest absolute Gasteiger partial charge is 0.251 e. The minimum Gasteiger partial charge on any atom is -0.497 e. The van der Waals surface area contributed by atoms with Gasteiger partial charge in [-0.3, -0.25) is 14.5 Å². The van der Waals surface area contributed by atoms with Gasteiger partial charge < -0.3 is 14.5 Å². The maximum absolute atomic E-state index is 13.3. The lowest BCUT2D eigenvalue weighted by Gasteiger charge is -2.31. The first-order valence-corrected chi connectivity index (χ1v) is 10.0. The molecule has 1 saturated heterocycles. The fourth-order valence-corrected chi connectivity index (χ4v) is 4.60. The van der Waals surface area contributed by atoms with E-state index in [1.54, 1.807) is 25.3 Å². The third-order valence-corrected chi connectivity index (χ3v) is 6.10. The van der Waals surface area contributed by atoms with Gasteiger partial charge in [0.1, 0.15) is 11.5 Å². The summed E-state index contributed by atoms with van der Waals surface area (Å²) in [4.78, 5) is 33.0. The van der Waals surface area contributed by atoms with Gasteiger partial charge in [-0.1, -0.05) is 18.2 Å². The first kappa shape index (κ1) is 18.7. The molecule has 2 aromatic carbocycles. The molecule has 154 valence electrons. The third-order valence-electron chi connectivity index (χ3n) is 6.10. The molecule has 7 heteroatoms. The highest BCUT2D eigenvalue weighted by Gasteiger charge is 2.44. The molecule has 0 saturated carbocycles. The number of aromatic amines is 1. The number of amides is 2. The van der Waals surface area contributed by atoms with Crippen molar-refractivity contribution in [3.8, 4) is 11.5 Å². The first-order chi connectivity index (χ1) is 14.6. The van der Waals surface area contributed by atoms with Crippen LogP contribution in [-0.2, 0) is 22.6 Å². The summed E-state index contributed by atoms with van der Waals surface area (Å²) in [6, 6.07) is 12.9. The van der Waals surface area contributed by atoms with E-state index in [9.17, 15) is 9.59 Å². The number of imide groups is 1. The van der Waals surface area contributed by atoms with Gasteiger partial charge in [0.25, 0.3) is 5.91 Å². The number of carbonyl (C=O) groups excluding carboxylic acids is 2. The van der Waals surface area contributed by atoms with Gasteiger partial charge in [-0.2, -0.15) is 0 Å². The number of H-pyrrole nitrogens is 1. The van der Waals surface area contributed by atoms with Gasteiger partial charge in [0.2, 0.25) is 5.91 Å². The summed E-state index contributed by atoms with van der Waals surface area (Å²) in [6.45, 7) is 1.37. The monoisotopic (exact) mass is 405 g/mol. The quantitative estimate of drug-likeness (QED) is 0.676. The summed E-state index contributed by atoms with van der Waals surface area (Å²) in [5, 5.41) is 1.24. The number of nitrogens with one attached hydrogen (secondary N) is 1. The molecule has 2 amide bonds. The van der Waals surface area contributed by atoms with Crippen LogP contribution in [0, 0.1) is 0 Å². The van der Waals surface area contributed by atoms with Crippen LogP contribution in [0.3, 0.4) is 0 Å². The predicted octanol–water partition coefficient (Wildman–Crippen LogP) is 2.88. The molecule has 0 radical (unpaired) electrons.